The molecule has 8 heteroatoms. The minimum atomic E-state index is -3.25. The van der Waals surface area contributed by atoms with Crippen LogP contribution in [0, 0.1) is 0 Å². The first-order valence-corrected chi connectivity index (χ1v) is 8.85. The summed E-state index contributed by atoms with van der Waals surface area (Å²) in [5.41, 5.74) is 0.942. The number of carbonyl (C=O) groups is 2. The molecule has 0 unspecified atom stereocenters. The van der Waals surface area contributed by atoms with Crippen molar-refractivity contribution in [3.05, 3.63) is 53.5 Å². The monoisotopic (exact) mass is 351 g/mol. The van der Waals surface area contributed by atoms with Crippen LogP contribution in [-0.2, 0) is 15.6 Å². The van der Waals surface area contributed by atoms with Gasteiger partial charge < -0.3 is 14.8 Å². The number of anilines is 1. The Morgan fingerprint density at radius 2 is 1.83 bits per heavy atom. The van der Waals surface area contributed by atoms with E-state index in [2.05, 4.69) is 5.32 Å². The molecule has 0 saturated heterocycles. The summed E-state index contributed by atoms with van der Waals surface area (Å²) in [5.74, 6) is -2.50. The molecule has 1 aromatic heterocycles. The van der Waals surface area contributed by atoms with Gasteiger partial charge >= 0.3 is 5.97 Å². The highest BCUT2D eigenvalue weighted by Crippen LogP contribution is 2.17. The Morgan fingerprint density at radius 3 is 2.42 bits per heavy atom. The van der Waals surface area contributed by atoms with E-state index in [-0.39, 0.29) is 17.3 Å². The molecule has 0 fully saturated rings. The van der Waals surface area contributed by atoms with Crippen LogP contribution in [0.15, 0.2) is 40.8 Å². The first-order chi connectivity index (χ1) is 11.2. The maximum Gasteiger partial charge on any atom is 0.371 e. The molecule has 128 valence electrons. The first kappa shape index (κ1) is 17.7. The Hall–Kier alpha value is -2.61. The lowest BCUT2D eigenvalue weighted by molar-refractivity contribution is 0.0660. The molecule has 1 aromatic carbocycles. The van der Waals surface area contributed by atoms with Gasteiger partial charge in [0, 0.05) is 5.69 Å². The molecule has 1 amide bonds. The highest BCUT2D eigenvalue weighted by molar-refractivity contribution is 7.91. The van der Waals surface area contributed by atoms with Crippen molar-refractivity contribution in [2.45, 2.75) is 24.9 Å². The van der Waals surface area contributed by atoms with Crippen LogP contribution in [0.2, 0.25) is 0 Å². The lowest BCUT2D eigenvalue weighted by Gasteiger charge is -2.09. The second kappa shape index (κ2) is 6.88. The zero-order chi connectivity index (χ0) is 17.9. The topological polar surface area (TPSA) is 114 Å². The van der Waals surface area contributed by atoms with Crippen LogP contribution in [0.1, 0.15) is 40.5 Å². The van der Waals surface area contributed by atoms with Crippen molar-refractivity contribution >= 4 is 27.4 Å². The number of carboxylic acid groups (broad SMARTS) is 1. The fourth-order valence-electron chi connectivity index (χ4n) is 1.91. The Bertz CT molecular complexity index is 866. The Balaban J connectivity index is 2.14. The highest BCUT2D eigenvalue weighted by Gasteiger charge is 2.18. The number of hydrogen-bond acceptors (Lipinski definition) is 5. The third-order valence-electron chi connectivity index (χ3n) is 3.31. The molecule has 24 heavy (non-hydrogen) atoms. The van der Waals surface area contributed by atoms with Gasteiger partial charge in [-0.25, -0.2) is 13.2 Å². The zero-order valence-corrected chi connectivity index (χ0v) is 14.0. The predicted molar refractivity (Wildman–Crippen MR) is 87.8 cm³/mol. The molecule has 0 radical (unpaired) electrons. The fourth-order valence-corrected chi connectivity index (χ4v) is 2.88. The molecule has 0 aliphatic heterocycles. The van der Waals surface area contributed by atoms with Crippen molar-refractivity contribution in [2.75, 3.05) is 5.32 Å². The van der Waals surface area contributed by atoms with Crippen molar-refractivity contribution in [3.63, 3.8) is 0 Å². The van der Waals surface area contributed by atoms with Gasteiger partial charge in [-0.1, -0.05) is 12.1 Å². The minimum absolute atomic E-state index is 0.127. The number of carbonyl (C=O) groups excluding carboxylic acids is 1. The second-order valence-electron chi connectivity index (χ2n) is 5.48. The quantitative estimate of drug-likeness (QED) is 0.827. The van der Waals surface area contributed by atoms with Gasteiger partial charge in [0.1, 0.15) is 0 Å². The van der Waals surface area contributed by atoms with Crippen LogP contribution in [0.5, 0.6) is 0 Å². The van der Waals surface area contributed by atoms with Crippen molar-refractivity contribution in [3.8, 4) is 0 Å². The van der Waals surface area contributed by atoms with Gasteiger partial charge in [0.15, 0.2) is 15.6 Å². The van der Waals surface area contributed by atoms with Gasteiger partial charge in [0.2, 0.25) is 5.76 Å². The normalized spacial score (nSPS) is 11.5. The highest BCUT2D eigenvalue weighted by atomic mass is 32.2. The number of rotatable bonds is 6. The minimum Gasteiger partial charge on any atom is -0.475 e. The summed E-state index contributed by atoms with van der Waals surface area (Å²) in [7, 11) is -3.25. The average molecular weight is 351 g/mol. The van der Waals surface area contributed by atoms with E-state index in [1.807, 2.05) is 0 Å². The van der Waals surface area contributed by atoms with Gasteiger partial charge in [-0.15, -0.1) is 0 Å². The van der Waals surface area contributed by atoms with Crippen LogP contribution < -0.4 is 5.32 Å². The Morgan fingerprint density at radius 1 is 1.17 bits per heavy atom. The summed E-state index contributed by atoms with van der Waals surface area (Å²) in [6, 6.07) is 8.88. The molecule has 1 heterocycles. The van der Waals surface area contributed by atoms with Crippen molar-refractivity contribution in [1.29, 1.82) is 0 Å². The third-order valence-corrected chi connectivity index (χ3v) is 5.48. The maximum atomic E-state index is 12.0. The van der Waals surface area contributed by atoms with Gasteiger partial charge in [0.05, 0.1) is 11.0 Å². The predicted octanol–water partition coefficient (Wildman–Crippen LogP) is 2.55. The second-order valence-corrected chi connectivity index (χ2v) is 8.04. The summed E-state index contributed by atoms with van der Waals surface area (Å²) >= 11 is 0. The number of nitrogens with one attached hydrogen (secondary N) is 1. The van der Waals surface area contributed by atoms with Gasteiger partial charge in [-0.05, 0) is 43.7 Å². The number of carboxylic acids is 1. The number of furan rings is 1. The summed E-state index contributed by atoms with van der Waals surface area (Å²) in [6.07, 6.45) is 0. The number of aromatic carboxylic acids is 1. The van der Waals surface area contributed by atoms with E-state index in [1.165, 1.54) is 12.1 Å². The lowest BCUT2D eigenvalue weighted by Crippen LogP contribution is -2.16. The SMILES string of the molecule is CC(C)S(=O)(=O)Cc1cccc(NC(=O)c2ccc(C(=O)O)o2)c1. The molecule has 0 atom stereocenters. The zero-order valence-electron chi connectivity index (χ0n) is 13.1. The fraction of sp³-hybridized carbons (Fsp3) is 0.250. The first-order valence-electron chi connectivity index (χ1n) is 7.14. The molecule has 2 aromatic rings. The largest absolute Gasteiger partial charge is 0.475 e. The van der Waals surface area contributed by atoms with E-state index in [4.69, 9.17) is 9.52 Å². The van der Waals surface area contributed by atoms with Crippen LogP contribution in [0.25, 0.3) is 0 Å². The van der Waals surface area contributed by atoms with E-state index in [9.17, 15) is 18.0 Å². The van der Waals surface area contributed by atoms with Gasteiger partial charge in [-0.2, -0.15) is 0 Å². The lowest BCUT2D eigenvalue weighted by atomic mass is 10.2. The number of sulfone groups is 1. The van der Waals surface area contributed by atoms with Crippen LogP contribution in [0.4, 0.5) is 5.69 Å². The van der Waals surface area contributed by atoms with E-state index in [0.717, 1.165) is 0 Å². The molecule has 0 spiro atoms. The Kier molecular flexibility index (Phi) is 5.08. The summed E-state index contributed by atoms with van der Waals surface area (Å²) < 4.78 is 28.8. The standard InChI is InChI=1S/C16H17NO6S/c1-10(2)24(21,22)9-11-4-3-5-12(8-11)17-15(18)13-6-7-14(23-13)16(19)20/h3-8,10H,9H2,1-2H3,(H,17,18)(H,19,20). The van der Waals surface area contributed by atoms with Crippen molar-refractivity contribution in [1.82, 2.24) is 0 Å². The third kappa shape index (κ3) is 4.23. The molecular formula is C16H17NO6S. The maximum absolute atomic E-state index is 12.0. The van der Waals surface area contributed by atoms with Crippen LogP contribution in [0.3, 0.4) is 0 Å². The summed E-state index contributed by atoms with van der Waals surface area (Å²) in [6.45, 7) is 3.22. The van der Waals surface area contributed by atoms with Gasteiger partial charge in [-0.3, -0.25) is 4.79 Å². The van der Waals surface area contributed by atoms with E-state index >= 15 is 0 Å². The van der Waals surface area contributed by atoms with Gasteiger partial charge in [0.25, 0.3) is 5.91 Å². The van der Waals surface area contributed by atoms with Crippen LogP contribution in [-0.4, -0.2) is 30.7 Å². The molecule has 0 aliphatic carbocycles. The Labute approximate surface area is 139 Å². The molecule has 0 aliphatic rings. The van der Waals surface area contributed by atoms with E-state index in [0.29, 0.717) is 11.3 Å². The smallest absolute Gasteiger partial charge is 0.371 e. The molecule has 7 nitrogen and oxygen atoms in total. The van der Waals surface area contributed by atoms with E-state index in [1.54, 1.807) is 38.1 Å². The molecule has 2 rings (SSSR count). The molecule has 0 saturated carbocycles. The number of hydrogen-bond donors (Lipinski definition) is 2. The summed E-state index contributed by atoms with van der Waals surface area (Å²) in [4.78, 5) is 22.8. The summed E-state index contributed by atoms with van der Waals surface area (Å²) in [5, 5.41) is 10.8. The molecule has 2 N–H and O–H groups in total. The molecular weight excluding hydrogens is 334 g/mol. The number of benzene rings is 1. The number of amides is 1. The van der Waals surface area contributed by atoms with Crippen LogP contribution >= 0.6 is 0 Å². The van der Waals surface area contributed by atoms with Crippen molar-refractivity contribution in [2.24, 2.45) is 0 Å². The average Bonchev–Trinajstić information content (AvgIpc) is 2.97. The molecule has 0 bridgehead atoms. The van der Waals surface area contributed by atoms with E-state index < -0.39 is 27.0 Å². The van der Waals surface area contributed by atoms with Crippen molar-refractivity contribution < 1.29 is 27.5 Å².